The predicted octanol–water partition coefficient (Wildman–Crippen LogP) is 3.06. The minimum Gasteiger partial charge on any atom is -0.474 e. The Bertz CT molecular complexity index is 952. The van der Waals surface area contributed by atoms with E-state index in [1.807, 2.05) is 6.07 Å². The monoisotopic (exact) mass is 390 g/mol. The van der Waals surface area contributed by atoms with E-state index in [0.29, 0.717) is 6.10 Å². The van der Waals surface area contributed by atoms with Gasteiger partial charge in [-0.05, 0) is 49.9 Å². The highest BCUT2D eigenvalue weighted by Crippen LogP contribution is 2.30. The van der Waals surface area contributed by atoms with Gasteiger partial charge in [0.15, 0.2) is 0 Å². The summed E-state index contributed by atoms with van der Waals surface area (Å²) in [6.45, 7) is 4.88. The predicted molar refractivity (Wildman–Crippen MR) is 112 cm³/mol. The summed E-state index contributed by atoms with van der Waals surface area (Å²) in [5, 5.41) is 1.01. The van der Waals surface area contributed by atoms with E-state index in [1.165, 1.54) is 18.5 Å². The van der Waals surface area contributed by atoms with E-state index in [0.717, 1.165) is 68.0 Å². The van der Waals surface area contributed by atoms with Crippen molar-refractivity contribution in [3.05, 3.63) is 48.8 Å². The average molecular weight is 390 g/mol. The van der Waals surface area contributed by atoms with Crippen LogP contribution in [0.3, 0.4) is 0 Å². The first-order chi connectivity index (χ1) is 14.3. The molecule has 2 aromatic heterocycles. The standard InChI is InChI=1S/C22H26N6O/c1-2-4-19(3-1)29-22-20-13-18(5-6-21(20)25-16-26-22)28-11-9-27(10-12-28)14-17-7-8-23-15-24-17/h5-8,13,15-16,19H,1-4,9-12,14H2. The maximum Gasteiger partial charge on any atom is 0.224 e. The molecule has 2 fully saturated rings. The molecule has 150 valence electrons. The van der Waals surface area contributed by atoms with Crippen LogP contribution in [-0.2, 0) is 6.54 Å². The second kappa shape index (κ2) is 8.29. The Balaban J connectivity index is 1.29. The minimum absolute atomic E-state index is 0.294. The van der Waals surface area contributed by atoms with Gasteiger partial charge in [0.05, 0.1) is 16.6 Å². The highest BCUT2D eigenvalue weighted by atomic mass is 16.5. The van der Waals surface area contributed by atoms with Gasteiger partial charge in [-0.1, -0.05) is 0 Å². The van der Waals surface area contributed by atoms with Crippen LogP contribution < -0.4 is 9.64 Å². The molecule has 0 amide bonds. The van der Waals surface area contributed by atoms with Gasteiger partial charge in [-0.2, -0.15) is 0 Å². The molecule has 3 aromatic rings. The van der Waals surface area contributed by atoms with Gasteiger partial charge in [0.1, 0.15) is 18.8 Å². The lowest BCUT2D eigenvalue weighted by Gasteiger charge is -2.36. The van der Waals surface area contributed by atoms with Crippen molar-refractivity contribution in [2.45, 2.75) is 38.3 Å². The molecule has 1 aliphatic carbocycles. The number of rotatable bonds is 5. The molecule has 2 aliphatic rings. The molecule has 1 saturated heterocycles. The van der Waals surface area contributed by atoms with Gasteiger partial charge in [-0.25, -0.2) is 19.9 Å². The number of aromatic nitrogens is 4. The van der Waals surface area contributed by atoms with Crippen molar-refractivity contribution in [1.82, 2.24) is 24.8 Å². The summed E-state index contributed by atoms with van der Waals surface area (Å²) in [4.78, 5) is 22.1. The maximum atomic E-state index is 6.22. The Kier molecular flexibility index (Phi) is 5.21. The summed E-state index contributed by atoms with van der Waals surface area (Å²) in [7, 11) is 0. The summed E-state index contributed by atoms with van der Waals surface area (Å²) in [6, 6.07) is 8.43. The Labute approximate surface area is 170 Å². The summed E-state index contributed by atoms with van der Waals surface area (Å²) in [5.41, 5.74) is 3.23. The minimum atomic E-state index is 0.294. The quantitative estimate of drug-likeness (QED) is 0.663. The number of hydrogen-bond donors (Lipinski definition) is 0. The van der Waals surface area contributed by atoms with E-state index in [2.05, 4.69) is 47.9 Å². The SMILES string of the molecule is c1cc(CN2CCN(c3ccc4ncnc(OC5CCCC5)c4c3)CC2)ncn1. The number of nitrogens with zero attached hydrogens (tertiary/aromatic N) is 6. The van der Waals surface area contributed by atoms with E-state index in [1.54, 1.807) is 18.9 Å². The fourth-order valence-corrected chi connectivity index (χ4v) is 4.28. The molecule has 0 unspecified atom stereocenters. The Morgan fingerprint density at radius 2 is 1.79 bits per heavy atom. The first-order valence-electron chi connectivity index (χ1n) is 10.5. The van der Waals surface area contributed by atoms with Gasteiger partial charge in [0.2, 0.25) is 5.88 Å². The second-order valence-electron chi connectivity index (χ2n) is 7.87. The fraction of sp³-hybridized carbons (Fsp3) is 0.455. The molecular weight excluding hydrogens is 364 g/mol. The number of fused-ring (bicyclic) bond motifs is 1. The van der Waals surface area contributed by atoms with Crippen LogP contribution in [0.4, 0.5) is 5.69 Å². The number of anilines is 1. The van der Waals surface area contributed by atoms with E-state index in [4.69, 9.17) is 4.74 Å². The molecular formula is C22H26N6O. The lowest BCUT2D eigenvalue weighted by molar-refractivity contribution is 0.204. The topological polar surface area (TPSA) is 67.3 Å². The van der Waals surface area contributed by atoms with Crippen molar-refractivity contribution >= 4 is 16.6 Å². The summed E-state index contributed by atoms with van der Waals surface area (Å²) in [5.74, 6) is 0.728. The van der Waals surface area contributed by atoms with Crippen LogP contribution in [0.15, 0.2) is 43.1 Å². The van der Waals surface area contributed by atoms with Crippen molar-refractivity contribution in [2.24, 2.45) is 0 Å². The van der Waals surface area contributed by atoms with Gasteiger partial charge in [0.25, 0.3) is 0 Å². The van der Waals surface area contributed by atoms with Crippen LogP contribution in [0.25, 0.3) is 10.9 Å². The lowest BCUT2D eigenvalue weighted by Crippen LogP contribution is -2.46. The highest BCUT2D eigenvalue weighted by Gasteiger charge is 2.21. The molecule has 0 N–H and O–H groups in total. The van der Waals surface area contributed by atoms with Crippen molar-refractivity contribution in [1.29, 1.82) is 0 Å². The molecule has 0 atom stereocenters. The first-order valence-corrected chi connectivity index (χ1v) is 10.5. The van der Waals surface area contributed by atoms with Crippen molar-refractivity contribution < 1.29 is 4.74 Å². The fourth-order valence-electron chi connectivity index (χ4n) is 4.28. The van der Waals surface area contributed by atoms with Crippen molar-refractivity contribution in [2.75, 3.05) is 31.1 Å². The number of hydrogen-bond acceptors (Lipinski definition) is 7. The average Bonchev–Trinajstić information content (AvgIpc) is 3.28. The molecule has 1 aliphatic heterocycles. The largest absolute Gasteiger partial charge is 0.474 e. The third kappa shape index (κ3) is 4.15. The highest BCUT2D eigenvalue weighted by molar-refractivity contribution is 5.86. The van der Waals surface area contributed by atoms with Crippen LogP contribution in [0, 0.1) is 0 Å². The molecule has 3 heterocycles. The molecule has 7 heteroatoms. The third-order valence-electron chi connectivity index (χ3n) is 5.93. The second-order valence-corrected chi connectivity index (χ2v) is 7.87. The van der Waals surface area contributed by atoms with Gasteiger partial charge in [-0.3, -0.25) is 4.90 Å². The van der Waals surface area contributed by atoms with Crippen molar-refractivity contribution in [3.8, 4) is 5.88 Å². The molecule has 7 nitrogen and oxygen atoms in total. The lowest BCUT2D eigenvalue weighted by atomic mass is 10.1. The molecule has 0 spiro atoms. The van der Waals surface area contributed by atoms with Gasteiger partial charge >= 0.3 is 0 Å². The molecule has 1 aromatic carbocycles. The zero-order valence-electron chi connectivity index (χ0n) is 16.6. The van der Waals surface area contributed by atoms with Crippen LogP contribution in [0.5, 0.6) is 5.88 Å². The van der Waals surface area contributed by atoms with E-state index in [-0.39, 0.29) is 0 Å². The van der Waals surface area contributed by atoms with Crippen LogP contribution in [0.1, 0.15) is 31.4 Å². The van der Waals surface area contributed by atoms with Gasteiger partial charge < -0.3 is 9.64 Å². The Hall–Kier alpha value is -2.80. The molecule has 1 saturated carbocycles. The van der Waals surface area contributed by atoms with E-state index >= 15 is 0 Å². The van der Waals surface area contributed by atoms with E-state index < -0.39 is 0 Å². The first kappa shape index (κ1) is 18.2. The zero-order valence-corrected chi connectivity index (χ0v) is 16.6. The smallest absolute Gasteiger partial charge is 0.224 e. The number of benzene rings is 1. The van der Waals surface area contributed by atoms with Crippen LogP contribution >= 0.6 is 0 Å². The van der Waals surface area contributed by atoms with Crippen LogP contribution in [-0.4, -0.2) is 57.1 Å². The maximum absolute atomic E-state index is 6.22. The van der Waals surface area contributed by atoms with E-state index in [9.17, 15) is 0 Å². The molecule has 29 heavy (non-hydrogen) atoms. The van der Waals surface area contributed by atoms with Gasteiger partial charge in [0, 0.05) is 44.6 Å². The normalized spacial score (nSPS) is 18.4. The Morgan fingerprint density at radius 3 is 2.59 bits per heavy atom. The molecule has 0 radical (unpaired) electrons. The van der Waals surface area contributed by atoms with Gasteiger partial charge in [-0.15, -0.1) is 0 Å². The summed E-state index contributed by atoms with van der Waals surface area (Å²) < 4.78 is 6.22. The zero-order chi connectivity index (χ0) is 19.5. The molecule has 5 rings (SSSR count). The summed E-state index contributed by atoms with van der Waals surface area (Å²) in [6.07, 6.45) is 10.1. The van der Waals surface area contributed by atoms with Crippen LogP contribution in [0.2, 0.25) is 0 Å². The van der Waals surface area contributed by atoms with Crippen molar-refractivity contribution in [3.63, 3.8) is 0 Å². The third-order valence-corrected chi connectivity index (χ3v) is 5.93. The summed E-state index contributed by atoms with van der Waals surface area (Å²) >= 11 is 0. The molecule has 0 bridgehead atoms. The Morgan fingerprint density at radius 1 is 0.931 bits per heavy atom. The number of ether oxygens (including phenoxy) is 1. The number of piperazine rings is 1.